The minimum atomic E-state index is 0.103. The van der Waals surface area contributed by atoms with Crippen LogP contribution in [-0.4, -0.2) is 18.3 Å². The first-order valence-electron chi connectivity index (χ1n) is 9.51. The van der Waals surface area contributed by atoms with Crippen LogP contribution in [0, 0.1) is 28.6 Å². The number of fused-ring (bicyclic) bond motifs is 1. The number of hydrogen-bond acceptors (Lipinski definition) is 2. The van der Waals surface area contributed by atoms with Gasteiger partial charge in [-0.25, -0.2) is 0 Å². The summed E-state index contributed by atoms with van der Waals surface area (Å²) in [5, 5.41) is 10.0. The number of rotatable bonds is 4. The first-order chi connectivity index (χ1) is 10.9. The fourth-order valence-electron chi connectivity index (χ4n) is 6.09. The summed E-state index contributed by atoms with van der Waals surface area (Å²) in [6.45, 7) is 14.5. The van der Waals surface area contributed by atoms with Gasteiger partial charge in [0.1, 0.15) is 0 Å². The van der Waals surface area contributed by atoms with E-state index in [0.29, 0.717) is 29.8 Å². The molecule has 0 spiro atoms. The van der Waals surface area contributed by atoms with Crippen molar-refractivity contribution in [2.24, 2.45) is 28.6 Å². The zero-order chi connectivity index (χ0) is 16.7. The predicted octanol–water partition coefficient (Wildman–Crippen LogP) is 5.09. The lowest BCUT2D eigenvalue weighted by Crippen LogP contribution is -2.51. The van der Waals surface area contributed by atoms with Gasteiger partial charge in [0.2, 0.25) is 0 Å². The Morgan fingerprint density at radius 3 is 2.61 bits per heavy atom. The molecule has 2 aliphatic carbocycles. The molecule has 23 heavy (non-hydrogen) atoms. The maximum atomic E-state index is 10.0. The molecule has 1 heterocycles. The van der Waals surface area contributed by atoms with Crippen molar-refractivity contribution in [3.05, 3.63) is 24.5 Å². The Labute approximate surface area is 142 Å². The second-order valence-electron chi connectivity index (χ2n) is 8.85. The Hall–Kier alpha value is -0.760. The molecule has 0 aromatic carbocycles. The molecule has 3 fully saturated rings. The number of ether oxygens (including phenoxy) is 1. The highest BCUT2D eigenvalue weighted by molar-refractivity contribution is 5.16. The van der Waals surface area contributed by atoms with E-state index in [9.17, 15) is 5.11 Å². The molecule has 2 heteroatoms. The molecule has 5 atom stereocenters. The second kappa shape index (κ2) is 6.27. The molecule has 0 radical (unpaired) electrons. The van der Waals surface area contributed by atoms with Gasteiger partial charge in [0.05, 0.1) is 12.4 Å². The summed E-state index contributed by atoms with van der Waals surface area (Å²) < 4.78 is 5.56. The van der Waals surface area contributed by atoms with Crippen LogP contribution in [0.2, 0.25) is 0 Å². The fourth-order valence-corrected chi connectivity index (χ4v) is 6.09. The summed E-state index contributed by atoms with van der Waals surface area (Å²) in [7, 11) is 0. The second-order valence-corrected chi connectivity index (χ2v) is 8.85. The van der Waals surface area contributed by atoms with E-state index in [1.807, 2.05) is 0 Å². The highest BCUT2D eigenvalue weighted by atomic mass is 16.5. The van der Waals surface area contributed by atoms with Gasteiger partial charge in [-0.15, -0.1) is 0 Å². The van der Waals surface area contributed by atoms with Gasteiger partial charge in [-0.2, -0.15) is 0 Å². The summed E-state index contributed by atoms with van der Waals surface area (Å²) >= 11 is 0. The summed E-state index contributed by atoms with van der Waals surface area (Å²) in [5.41, 5.74) is 1.87. The average Bonchev–Trinajstić information content (AvgIpc) is 2.91. The van der Waals surface area contributed by atoms with Crippen LogP contribution in [0.15, 0.2) is 24.5 Å². The molecule has 0 aromatic heterocycles. The lowest BCUT2D eigenvalue weighted by Gasteiger charge is -2.58. The van der Waals surface area contributed by atoms with Crippen molar-refractivity contribution in [2.75, 3.05) is 13.2 Å². The fraction of sp³-hybridized carbons (Fsp3) is 0.810. The Bertz CT molecular complexity index is 482. The molecule has 0 aromatic rings. The quantitative estimate of drug-likeness (QED) is 0.732. The largest absolute Gasteiger partial charge is 0.498 e. The van der Waals surface area contributed by atoms with Crippen molar-refractivity contribution < 1.29 is 9.84 Å². The van der Waals surface area contributed by atoms with Crippen LogP contribution >= 0.6 is 0 Å². The topological polar surface area (TPSA) is 29.5 Å². The molecule has 1 N–H and O–H groups in total. The van der Waals surface area contributed by atoms with Gasteiger partial charge in [-0.1, -0.05) is 39.0 Å². The normalized spacial score (nSPS) is 44.0. The monoisotopic (exact) mass is 318 g/mol. The highest BCUT2D eigenvalue weighted by Gasteiger charge is 2.54. The van der Waals surface area contributed by atoms with E-state index in [1.54, 1.807) is 0 Å². The van der Waals surface area contributed by atoms with Crippen molar-refractivity contribution in [2.45, 2.75) is 65.2 Å². The van der Waals surface area contributed by atoms with Gasteiger partial charge in [0.15, 0.2) is 0 Å². The van der Waals surface area contributed by atoms with E-state index in [2.05, 4.69) is 27.0 Å². The smallest absolute Gasteiger partial charge is 0.0920 e. The summed E-state index contributed by atoms with van der Waals surface area (Å²) in [5.74, 6) is 2.77. The summed E-state index contributed by atoms with van der Waals surface area (Å²) in [4.78, 5) is 0. The Kier molecular flexibility index (Phi) is 4.66. The lowest BCUT2D eigenvalue weighted by atomic mass is 9.46. The molecule has 0 bridgehead atoms. The van der Waals surface area contributed by atoms with E-state index >= 15 is 0 Å². The molecular weight excluding hydrogens is 284 g/mol. The minimum Gasteiger partial charge on any atom is -0.498 e. The van der Waals surface area contributed by atoms with Crippen molar-refractivity contribution in [3.63, 3.8) is 0 Å². The molecular formula is C21H34O2. The molecule has 2 unspecified atom stereocenters. The Morgan fingerprint density at radius 2 is 1.96 bits per heavy atom. The number of hydrogen-bond donors (Lipinski definition) is 1. The van der Waals surface area contributed by atoms with Crippen molar-refractivity contribution >= 4 is 0 Å². The van der Waals surface area contributed by atoms with Crippen molar-refractivity contribution in [3.8, 4) is 0 Å². The first-order valence-corrected chi connectivity index (χ1v) is 9.51. The molecule has 3 rings (SSSR count). The maximum absolute atomic E-state index is 10.0. The van der Waals surface area contributed by atoms with E-state index in [1.165, 1.54) is 44.1 Å². The molecule has 1 saturated heterocycles. The maximum Gasteiger partial charge on any atom is 0.0920 e. The van der Waals surface area contributed by atoms with Gasteiger partial charge in [0.25, 0.3) is 0 Å². The number of allylic oxidation sites excluding steroid dienone is 2. The van der Waals surface area contributed by atoms with Crippen LogP contribution in [0.25, 0.3) is 0 Å². The zero-order valence-electron chi connectivity index (χ0n) is 15.1. The van der Waals surface area contributed by atoms with E-state index < -0.39 is 0 Å². The highest BCUT2D eigenvalue weighted by Crippen LogP contribution is 2.61. The van der Waals surface area contributed by atoms with Crippen LogP contribution < -0.4 is 0 Å². The molecule has 1 aliphatic heterocycles. The molecule has 2 nitrogen and oxygen atoms in total. The Morgan fingerprint density at radius 1 is 1.17 bits per heavy atom. The van der Waals surface area contributed by atoms with E-state index in [4.69, 9.17) is 4.74 Å². The summed E-state index contributed by atoms with van der Waals surface area (Å²) in [6.07, 6.45) is 9.58. The standard InChI is InChI=1S/C21H34O2/c1-15-6-9-19-20(3,14-22)11-5-12-21(19,4)18(15)8-7-17-10-13-23-16(17)2/h17-19,22H,1-2,5-14H2,3-4H3/t17?,18-,19?,20+,21+/m0/s1. The van der Waals surface area contributed by atoms with Crippen molar-refractivity contribution in [1.82, 2.24) is 0 Å². The van der Waals surface area contributed by atoms with Gasteiger partial charge in [0, 0.05) is 12.5 Å². The van der Waals surface area contributed by atoms with Gasteiger partial charge >= 0.3 is 0 Å². The van der Waals surface area contributed by atoms with E-state index in [-0.39, 0.29) is 5.41 Å². The lowest BCUT2D eigenvalue weighted by molar-refractivity contribution is -0.0866. The molecule has 3 aliphatic rings. The van der Waals surface area contributed by atoms with Crippen LogP contribution in [-0.2, 0) is 4.74 Å². The van der Waals surface area contributed by atoms with Crippen LogP contribution in [0.4, 0.5) is 0 Å². The van der Waals surface area contributed by atoms with Crippen LogP contribution in [0.3, 0.4) is 0 Å². The molecule has 130 valence electrons. The van der Waals surface area contributed by atoms with Crippen molar-refractivity contribution in [1.29, 1.82) is 0 Å². The number of aliphatic hydroxyl groups is 1. The average molecular weight is 319 g/mol. The number of aliphatic hydroxyl groups excluding tert-OH is 1. The van der Waals surface area contributed by atoms with Gasteiger partial charge in [-0.05, 0) is 67.6 Å². The first kappa shape index (κ1) is 17.1. The SMILES string of the molecule is C=C1OCCC1CC[C@H]1C(=C)CCC2[C@@](C)(CO)CCC[C@@]21C. The summed E-state index contributed by atoms with van der Waals surface area (Å²) in [6, 6.07) is 0. The third-order valence-corrected chi connectivity index (χ3v) is 7.52. The Balaban J connectivity index is 1.77. The predicted molar refractivity (Wildman–Crippen MR) is 94.9 cm³/mol. The molecule has 0 amide bonds. The van der Waals surface area contributed by atoms with Gasteiger partial charge in [-0.3, -0.25) is 0 Å². The third-order valence-electron chi connectivity index (χ3n) is 7.52. The molecule has 2 saturated carbocycles. The third kappa shape index (κ3) is 2.88. The van der Waals surface area contributed by atoms with E-state index in [0.717, 1.165) is 25.2 Å². The van der Waals surface area contributed by atoms with Crippen LogP contribution in [0.5, 0.6) is 0 Å². The minimum absolute atomic E-state index is 0.103. The van der Waals surface area contributed by atoms with Crippen LogP contribution in [0.1, 0.15) is 65.2 Å². The zero-order valence-corrected chi connectivity index (χ0v) is 15.1. The van der Waals surface area contributed by atoms with Gasteiger partial charge < -0.3 is 9.84 Å².